The van der Waals surface area contributed by atoms with Crippen molar-refractivity contribution in [2.24, 2.45) is 0 Å². The molecule has 0 radical (unpaired) electrons. The van der Waals surface area contributed by atoms with Crippen molar-refractivity contribution < 1.29 is 38.3 Å². The normalized spacial score (nSPS) is 19.5. The van der Waals surface area contributed by atoms with Gasteiger partial charge in [0.05, 0.1) is 0 Å². The van der Waals surface area contributed by atoms with E-state index in [1.165, 1.54) is 18.7 Å². The first-order valence-corrected chi connectivity index (χ1v) is 17.3. The summed E-state index contributed by atoms with van der Waals surface area (Å²) >= 11 is 0. The van der Waals surface area contributed by atoms with Gasteiger partial charge in [-0.15, -0.1) is 0 Å². The lowest BCUT2D eigenvalue weighted by Gasteiger charge is -2.27. The van der Waals surface area contributed by atoms with Gasteiger partial charge < -0.3 is 46.5 Å². The van der Waals surface area contributed by atoms with Crippen molar-refractivity contribution in [2.45, 2.75) is 62.7 Å². The number of amides is 4. The monoisotopic (exact) mass is 716 g/mol. The molecule has 50 heavy (non-hydrogen) atoms. The molecule has 1 aliphatic heterocycles. The molecule has 2 aromatic heterocycles. The lowest BCUT2D eigenvalue weighted by atomic mass is 10.1. The number of hydrogen-bond acceptors (Lipinski definition) is 10. The second kappa shape index (κ2) is 16.9. The van der Waals surface area contributed by atoms with Gasteiger partial charge in [0.2, 0.25) is 18.0 Å². The van der Waals surface area contributed by atoms with Crippen LogP contribution in [0.25, 0.3) is 10.9 Å². The summed E-state index contributed by atoms with van der Waals surface area (Å²) in [7, 11) is 0.205. The lowest BCUT2D eigenvalue weighted by Crippen LogP contribution is -2.60. The topological polar surface area (TPSA) is 266 Å². The first-order valence-electron chi connectivity index (χ1n) is 15.6. The number of H-pyrrole nitrogens is 2. The van der Waals surface area contributed by atoms with Gasteiger partial charge in [-0.1, -0.05) is 18.2 Å². The molecule has 0 spiro atoms. The number of carboxylic acids is 1. The summed E-state index contributed by atoms with van der Waals surface area (Å²) in [6, 6.07) is 2.88. The molecule has 7 unspecified atom stereocenters. The number of aromatic nitrogens is 3. The van der Waals surface area contributed by atoms with E-state index in [9.17, 15) is 43.2 Å². The fourth-order valence-electron chi connectivity index (χ4n) is 5.26. The summed E-state index contributed by atoms with van der Waals surface area (Å²) in [5.74, 6) is -2.68. The Bertz CT molecular complexity index is 1890. The first-order chi connectivity index (χ1) is 23.8. The van der Waals surface area contributed by atoms with Crippen LogP contribution < -0.4 is 37.8 Å². The van der Waals surface area contributed by atoms with E-state index in [4.69, 9.17) is 4.74 Å². The zero-order chi connectivity index (χ0) is 36.5. The Hall–Kier alpha value is -5.27. The molecule has 9 N–H and O–H groups in total. The van der Waals surface area contributed by atoms with Crippen molar-refractivity contribution >= 4 is 45.5 Å². The molecule has 270 valence electrons. The van der Waals surface area contributed by atoms with Crippen molar-refractivity contribution in [2.75, 3.05) is 19.1 Å². The van der Waals surface area contributed by atoms with Crippen molar-refractivity contribution in [1.29, 1.82) is 0 Å². The second-order valence-electron chi connectivity index (χ2n) is 11.7. The predicted molar refractivity (Wildman–Crippen MR) is 181 cm³/mol. The van der Waals surface area contributed by atoms with E-state index in [1.54, 1.807) is 26.2 Å². The van der Waals surface area contributed by atoms with Crippen LogP contribution in [0.15, 0.2) is 64.3 Å². The molecular weight excluding hydrogens is 676 g/mol. The van der Waals surface area contributed by atoms with Gasteiger partial charge in [-0.3, -0.25) is 28.1 Å². The van der Waals surface area contributed by atoms with Crippen LogP contribution in [0, 0.1) is 0 Å². The summed E-state index contributed by atoms with van der Waals surface area (Å²) in [5.41, 5.74) is 0.0350. The van der Waals surface area contributed by atoms with Crippen LogP contribution in [0.2, 0.25) is 0 Å². The van der Waals surface area contributed by atoms with Crippen LogP contribution in [0.5, 0.6) is 0 Å². The zero-order valence-corrected chi connectivity index (χ0v) is 28.2. The minimum absolute atomic E-state index is 0.0137. The van der Waals surface area contributed by atoms with E-state index in [2.05, 4.69) is 36.6 Å². The van der Waals surface area contributed by atoms with Crippen LogP contribution in [-0.2, 0) is 36.3 Å². The molecule has 4 rings (SSSR count). The van der Waals surface area contributed by atoms with E-state index in [1.807, 2.05) is 18.2 Å². The Labute approximate surface area is 287 Å². The highest BCUT2D eigenvalue weighted by Crippen LogP contribution is 2.29. The third-order valence-electron chi connectivity index (χ3n) is 8.07. The Balaban J connectivity index is 1.43. The molecule has 1 fully saturated rings. The van der Waals surface area contributed by atoms with Gasteiger partial charge in [-0.25, -0.2) is 14.4 Å². The molecule has 19 heteroatoms. The number of carbonyl (C=O) groups excluding carboxylic acids is 3. The van der Waals surface area contributed by atoms with Crippen LogP contribution >= 0.6 is 0 Å². The number of likely N-dealkylation sites (N-methyl/N-ethyl adjacent to an activating group) is 1. The number of rotatable bonds is 15. The predicted octanol–water partition coefficient (Wildman–Crippen LogP) is -1.52. The molecule has 0 bridgehead atoms. The van der Waals surface area contributed by atoms with E-state index >= 15 is 0 Å². The third kappa shape index (κ3) is 9.67. The average molecular weight is 717 g/mol. The van der Waals surface area contributed by atoms with Gasteiger partial charge in [-0.2, -0.15) is 0 Å². The zero-order valence-electron chi connectivity index (χ0n) is 27.4. The lowest BCUT2D eigenvalue weighted by molar-refractivity contribution is -0.139. The number of benzene rings is 1. The molecule has 3 aromatic rings. The highest BCUT2D eigenvalue weighted by molar-refractivity contribution is 7.84. The summed E-state index contributed by atoms with van der Waals surface area (Å²) in [5, 5.41) is 33.9. The van der Waals surface area contributed by atoms with E-state index < -0.39 is 82.4 Å². The van der Waals surface area contributed by atoms with Crippen LogP contribution in [0.3, 0.4) is 0 Å². The van der Waals surface area contributed by atoms with Crippen LogP contribution in [0.1, 0.15) is 31.6 Å². The minimum atomic E-state index is -1.35. The average Bonchev–Trinajstić information content (AvgIpc) is 3.65. The van der Waals surface area contributed by atoms with Gasteiger partial charge >= 0.3 is 17.7 Å². The van der Waals surface area contributed by atoms with Gasteiger partial charge in [-0.05, 0) is 32.0 Å². The van der Waals surface area contributed by atoms with Crippen molar-refractivity contribution in [3.63, 3.8) is 0 Å². The standard InChI is InChI=1S/C31H40N8O10S/c1-16(32-2)25(27(43)34-15-18-13-23(40)28(49-18)39-10-8-24(41)37-31(39)47)38-26(42)21(9-11-50(3)48)35-30(46)36-22(29(44)45)12-17-14-33-20-7-5-4-6-19(17)20/h4-8,10,14-16,21-23,25,28,32-33,40H,9,11-13H2,1-3H3,(H,34,43)(H,38,42)(H,44,45)(H2,35,36,46)(H,37,41,47). The third-order valence-corrected chi connectivity index (χ3v) is 8.88. The molecule has 18 nitrogen and oxygen atoms in total. The molecule has 7 atom stereocenters. The number of nitrogens with zero attached hydrogens (tertiary/aromatic N) is 1. The summed E-state index contributed by atoms with van der Waals surface area (Å²) in [6.45, 7) is 1.62. The van der Waals surface area contributed by atoms with Gasteiger partial charge in [0, 0.05) is 77.3 Å². The number of carboxylic acid groups (broad SMARTS) is 1. The number of aliphatic hydroxyl groups is 1. The van der Waals surface area contributed by atoms with Crippen LogP contribution in [-0.4, -0.2) is 102 Å². The Morgan fingerprint density at radius 3 is 2.50 bits per heavy atom. The highest BCUT2D eigenvalue weighted by Gasteiger charge is 2.34. The second-order valence-corrected chi connectivity index (χ2v) is 13.2. The Morgan fingerprint density at radius 1 is 1.10 bits per heavy atom. The number of fused-ring (bicyclic) bond motifs is 1. The maximum absolute atomic E-state index is 13.5. The summed E-state index contributed by atoms with van der Waals surface area (Å²) in [4.78, 5) is 80.6. The van der Waals surface area contributed by atoms with Crippen molar-refractivity contribution in [3.8, 4) is 0 Å². The van der Waals surface area contributed by atoms with Crippen molar-refractivity contribution in [3.05, 3.63) is 81.1 Å². The maximum Gasteiger partial charge on any atom is 0.331 e. The molecule has 0 aliphatic carbocycles. The van der Waals surface area contributed by atoms with Crippen molar-refractivity contribution in [1.82, 2.24) is 41.1 Å². The van der Waals surface area contributed by atoms with E-state index in [0.29, 0.717) is 5.56 Å². The van der Waals surface area contributed by atoms with Gasteiger partial charge in [0.25, 0.3) is 5.56 Å². The fourth-order valence-corrected chi connectivity index (χ4v) is 5.83. The van der Waals surface area contributed by atoms with Gasteiger partial charge in [0.15, 0.2) is 0 Å². The molecule has 0 saturated carbocycles. The number of urea groups is 1. The largest absolute Gasteiger partial charge is 0.480 e. The smallest absolute Gasteiger partial charge is 0.331 e. The molecule has 3 heterocycles. The number of para-hydroxylation sites is 1. The number of aromatic amines is 2. The van der Waals surface area contributed by atoms with Gasteiger partial charge in [0.1, 0.15) is 30.0 Å². The number of aliphatic hydroxyl groups excluding tert-OH is 1. The van der Waals surface area contributed by atoms with E-state index in [-0.39, 0.29) is 30.8 Å². The molecule has 1 aromatic carbocycles. The fraction of sp³-hybridized carbons (Fsp3) is 0.419. The number of nitrogens with one attached hydrogen (secondary N) is 7. The maximum atomic E-state index is 13.5. The summed E-state index contributed by atoms with van der Waals surface area (Å²) in [6.07, 6.45) is 2.84. The number of hydrogen-bond donors (Lipinski definition) is 9. The summed E-state index contributed by atoms with van der Waals surface area (Å²) < 4.78 is 18.5. The number of aliphatic carboxylic acids is 1. The highest BCUT2D eigenvalue weighted by atomic mass is 32.2. The molecule has 4 amide bonds. The SMILES string of the molecule is CNC(C)C(NC(=O)C(CCS(C)=O)NC(=O)NC(Cc1c[nH]c2ccccc12)C(=O)O)C(=O)NC=C1CC(O)C(n2ccc(=O)[nH]c2=O)O1. The quantitative estimate of drug-likeness (QED) is 0.0872. The molecule has 1 saturated heterocycles. The van der Waals surface area contributed by atoms with Crippen LogP contribution in [0.4, 0.5) is 4.79 Å². The molecular formula is C31H40N8O10S. The minimum Gasteiger partial charge on any atom is -0.480 e. The van der Waals surface area contributed by atoms with E-state index in [0.717, 1.165) is 21.5 Å². The first kappa shape index (κ1) is 37.5. The number of carbonyl (C=O) groups is 4. The Kier molecular flexibility index (Phi) is 12.7. The number of ether oxygens (including phenoxy) is 1. The molecule has 1 aliphatic rings. The Morgan fingerprint density at radius 2 is 1.82 bits per heavy atom.